The van der Waals surface area contributed by atoms with Gasteiger partial charge >= 0.3 is 0 Å². The molecule has 2 heteroatoms. The first kappa shape index (κ1) is 10.5. The van der Waals surface area contributed by atoms with Crippen molar-refractivity contribution in [2.45, 2.75) is 6.42 Å². The van der Waals surface area contributed by atoms with Gasteiger partial charge in [0.05, 0.1) is 12.5 Å². The number of thiophene rings is 1. The first-order chi connectivity index (χ1) is 7.90. The third-order valence-corrected chi connectivity index (χ3v) is 2.83. The topological polar surface area (TPSA) is 23.8 Å². The first-order valence-electron chi connectivity index (χ1n) is 4.89. The molecule has 0 aliphatic heterocycles. The smallest absolute Gasteiger partial charge is 0.0670 e. The molecule has 16 heavy (non-hydrogen) atoms. The zero-order chi connectivity index (χ0) is 11.2. The number of rotatable bonds is 1. The number of hydrogen-bond donors (Lipinski definition) is 0. The van der Waals surface area contributed by atoms with Crippen LogP contribution in [0, 0.1) is 23.2 Å². The van der Waals surface area contributed by atoms with Crippen LogP contribution in [-0.4, -0.2) is 0 Å². The lowest BCUT2D eigenvalue weighted by Crippen LogP contribution is -1.87. The predicted molar refractivity (Wildman–Crippen MR) is 66.1 cm³/mol. The third kappa shape index (κ3) is 2.51. The van der Waals surface area contributed by atoms with Crippen LogP contribution in [-0.2, 0) is 6.42 Å². The Hall–Kier alpha value is -2.03. The summed E-state index contributed by atoms with van der Waals surface area (Å²) in [5.74, 6) is 6.20. The molecule has 0 saturated heterocycles. The van der Waals surface area contributed by atoms with Crippen LogP contribution in [0.1, 0.15) is 16.7 Å². The average Bonchev–Trinajstić information content (AvgIpc) is 2.81. The van der Waals surface area contributed by atoms with Crippen molar-refractivity contribution in [1.29, 1.82) is 5.26 Å². The van der Waals surface area contributed by atoms with E-state index in [1.54, 1.807) is 11.3 Å². The highest BCUT2D eigenvalue weighted by Crippen LogP contribution is 2.09. The van der Waals surface area contributed by atoms with E-state index in [1.807, 2.05) is 41.1 Å². The Morgan fingerprint density at radius 3 is 2.75 bits per heavy atom. The number of nitrogens with zero attached hydrogens (tertiary/aromatic N) is 1. The molecule has 0 N–H and O–H groups in total. The maximum atomic E-state index is 8.70. The normalized spacial score (nSPS) is 8.94. The Balaban J connectivity index is 2.31. The Kier molecular flexibility index (Phi) is 3.38. The van der Waals surface area contributed by atoms with Crippen LogP contribution in [0.5, 0.6) is 0 Å². The Labute approximate surface area is 99.0 Å². The van der Waals surface area contributed by atoms with Gasteiger partial charge in [-0.15, -0.1) is 0 Å². The molecule has 2 aromatic rings. The maximum Gasteiger partial charge on any atom is 0.0670 e. The molecule has 0 unspecified atom stereocenters. The lowest BCUT2D eigenvalue weighted by Gasteiger charge is -1.97. The van der Waals surface area contributed by atoms with Gasteiger partial charge in [0, 0.05) is 16.5 Å². The van der Waals surface area contributed by atoms with Crippen LogP contribution in [0.2, 0.25) is 0 Å². The van der Waals surface area contributed by atoms with Crippen LogP contribution in [0.3, 0.4) is 0 Å². The van der Waals surface area contributed by atoms with E-state index in [9.17, 15) is 0 Å². The van der Waals surface area contributed by atoms with Gasteiger partial charge in [-0.25, -0.2) is 0 Å². The van der Waals surface area contributed by atoms with E-state index in [0.29, 0.717) is 6.42 Å². The summed E-state index contributed by atoms with van der Waals surface area (Å²) >= 11 is 1.63. The lowest BCUT2D eigenvalue weighted by molar-refractivity contribution is 1.25. The molecule has 1 aromatic carbocycles. The second kappa shape index (κ2) is 5.16. The molecule has 0 fully saturated rings. The molecule has 0 aliphatic carbocycles. The molecule has 76 valence electrons. The predicted octanol–water partition coefficient (Wildman–Crippen LogP) is 3.21. The number of nitriles is 1. The van der Waals surface area contributed by atoms with E-state index in [4.69, 9.17) is 5.26 Å². The molecule has 0 radical (unpaired) electrons. The second-order valence-corrected chi connectivity index (χ2v) is 4.03. The van der Waals surface area contributed by atoms with Gasteiger partial charge in [-0.3, -0.25) is 0 Å². The zero-order valence-corrected chi connectivity index (χ0v) is 9.42. The summed E-state index contributed by atoms with van der Waals surface area (Å²) in [5, 5.41) is 12.7. The molecule has 0 aliphatic rings. The Bertz CT molecular complexity index is 565. The monoisotopic (exact) mass is 223 g/mol. The summed E-state index contributed by atoms with van der Waals surface area (Å²) in [4.78, 5) is 0. The van der Waals surface area contributed by atoms with Crippen LogP contribution < -0.4 is 0 Å². The van der Waals surface area contributed by atoms with Gasteiger partial charge in [0.15, 0.2) is 0 Å². The molecule has 0 saturated carbocycles. The minimum absolute atomic E-state index is 0.411. The van der Waals surface area contributed by atoms with Gasteiger partial charge in [-0.1, -0.05) is 30.0 Å². The van der Waals surface area contributed by atoms with Crippen molar-refractivity contribution in [3.63, 3.8) is 0 Å². The zero-order valence-electron chi connectivity index (χ0n) is 8.60. The fourth-order valence-corrected chi connectivity index (χ4v) is 1.94. The molecule has 0 bridgehead atoms. The van der Waals surface area contributed by atoms with Crippen molar-refractivity contribution >= 4 is 11.3 Å². The Morgan fingerprint density at radius 1 is 1.12 bits per heavy atom. The number of benzene rings is 1. The van der Waals surface area contributed by atoms with Gasteiger partial charge in [0.2, 0.25) is 0 Å². The molecule has 1 nitrogen and oxygen atoms in total. The van der Waals surface area contributed by atoms with Crippen LogP contribution >= 0.6 is 11.3 Å². The fraction of sp³-hybridized carbons (Fsp3) is 0.0714. The van der Waals surface area contributed by atoms with Crippen LogP contribution in [0.4, 0.5) is 0 Å². The molecule has 1 heterocycles. The number of hydrogen-bond acceptors (Lipinski definition) is 2. The van der Waals surface area contributed by atoms with Gasteiger partial charge < -0.3 is 0 Å². The van der Waals surface area contributed by atoms with Crippen molar-refractivity contribution in [3.8, 4) is 17.9 Å². The van der Waals surface area contributed by atoms with E-state index in [2.05, 4.69) is 17.9 Å². The summed E-state index contributed by atoms with van der Waals surface area (Å²) < 4.78 is 0. The largest absolute Gasteiger partial charge is 0.198 e. The van der Waals surface area contributed by atoms with E-state index in [0.717, 1.165) is 16.7 Å². The summed E-state index contributed by atoms with van der Waals surface area (Å²) in [6, 6.07) is 11.9. The lowest BCUT2D eigenvalue weighted by atomic mass is 10.1. The molecular formula is C14H9NS. The van der Waals surface area contributed by atoms with Crippen molar-refractivity contribution in [2.75, 3.05) is 0 Å². The van der Waals surface area contributed by atoms with Gasteiger partial charge in [-0.2, -0.15) is 16.6 Å². The molecule has 2 rings (SSSR count). The van der Waals surface area contributed by atoms with Crippen LogP contribution in [0.15, 0.2) is 41.1 Å². The van der Waals surface area contributed by atoms with Gasteiger partial charge in [0.25, 0.3) is 0 Å². The highest BCUT2D eigenvalue weighted by molar-refractivity contribution is 7.08. The minimum atomic E-state index is 0.411. The molecule has 0 atom stereocenters. The first-order valence-corrected chi connectivity index (χ1v) is 5.83. The highest BCUT2D eigenvalue weighted by atomic mass is 32.1. The average molecular weight is 223 g/mol. The van der Waals surface area contributed by atoms with Crippen molar-refractivity contribution in [1.82, 2.24) is 0 Å². The van der Waals surface area contributed by atoms with E-state index in [-0.39, 0.29) is 0 Å². The molecule has 0 amide bonds. The summed E-state index contributed by atoms with van der Waals surface area (Å²) in [6.07, 6.45) is 0.411. The van der Waals surface area contributed by atoms with Gasteiger partial charge in [-0.05, 0) is 23.1 Å². The SMILES string of the molecule is N#CCc1ccccc1C#Cc1ccsc1. The quantitative estimate of drug-likeness (QED) is 0.681. The van der Waals surface area contributed by atoms with Crippen molar-refractivity contribution in [3.05, 3.63) is 57.8 Å². The molecule has 0 spiro atoms. The Morgan fingerprint density at radius 2 is 2.00 bits per heavy atom. The third-order valence-electron chi connectivity index (χ3n) is 2.15. The van der Waals surface area contributed by atoms with E-state index >= 15 is 0 Å². The standard InChI is InChI=1S/C14H9NS/c15-9-7-14-4-2-1-3-13(14)6-5-12-8-10-16-11-12/h1-4,8,10-11H,7H2. The van der Waals surface area contributed by atoms with Crippen molar-refractivity contribution < 1.29 is 0 Å². The van der Waals surface area contributed by atoms with Gasteiger partial charge in [0.1, 0.15) is 0 Å². The molecule has 1 aromatic heterocycles. The summed E-state index contributed by atoms with van der Waals surface area (Å²) in [5.41, 5.74) is 2.96. The fourth-order valence-electron chi connectivity index (χ4n) is 1.36. The molecular weight excluding hydrogens is 214 g/mol. The highest BCUT2D eigenvalue weighted by Gasteiger charge is 1.97. The van der Waals surface area contributed by atoms with E-state index < -0.39 is 0 Å². The van der Waals surface area contributed by atoms with E-state index in [1.165, 1.54) is 0 Å². The van der Waals surface area contributed by atoms with Crippen LogP contribution in [0.25, 0.3) is 0 Å². The second-order valence-electron chi connectivity index (χ2n) is 3.25. The summed E-state index contributed by atoms with van der Waals surface area (Å²) in [7, 11) is 0. The van der Waals surface area contributed by atoms with Crippen molar-refractivity contribution in [2.24, 2.45) is 0 Å². The minimum Gasteiger partial charge on any atom is -0.198 e. The maximum absolute atomic E-state index is 8.70. The summed E-state index contributed by atoms with van der Waals surface area (Å²) in [6.45, 7) is 0.